The van der Waals surface area contributed by atoms with E-state index in [0.717, 1.165) is 30.1 Å². The van der Waals surface area contributed by atoms with Crippen LogP contribution in [0.3, 0.4) is 0 Å². The summed E-state index contributed by atoms with van der Waals surface area (Å²) >= 11 is 0. The molecule has 0 heterocycles. The zero-order valence-corrected chi connectivity index (χ0v) is 20.1. The number of aryl methyl sites for hydroxylation is 1. The maximum Gasteiger partial charge on any atom is -0.00975 e. The minimum atomic E-state index is 0.954. The van der Waals surface area contributed by atoms with Crippen LogP contribution in [0.25, 0.3) is 0 Å². The molecule has 3 rings (SSSR count). The van der Waals surface area contributed by atoms with Gasteiger partial charge in [-0.25, -0.2) is 0 Å². The van der Waals surface area contributed by atoms with Gasteiger partial charge < -0.3 is 0 Å². The predicted octanol–water partition coefficient (Wildman–Crippen LogP) is 9.32. The maximum absolute atomic E-state index is 2.48. The molecule has 0 aliphatic heterocycles. The first-order valence-corrected chi connectivity index (χ1v) is 13.5. The predicted molar refractivity (Wildman–Crippen MR) is 133 cm³/mol. The number of benzene rings is 1. The van der Waals surface area contributed by atoms with Gasteiger partial charge >= 0.3 is 0 Å². The van der Waals surface area contributed by atoms with Crippen LogP contribution in [0.5, 0.6) is 0 Å². The van der Waals surface area contributed by atoms with Crippen LogP contribution in [0.4, 0.5) is 0 Å². The van der Waals surface area contributed by atoms with Gasteiger partial charge in [0.2, 0.25) is 0 Å². The van der Waals surface area contributed by atoms with Gasteiger partial charge in [0, 0.05) is 0 Å². The van der Waals surface area contributed by atoms with Crippen molar-refractivity contribution in [2.75, 3.05) is 0 Å². The Morgan fingerprint density at radius 3 is 1.87 bits per heavy atom. The van der Waals surface area contributed by atoms with E-state index >= 15 is 0 Å². The quantitative estimate of drug-likeness (QED) is 0.253. The molecule has 2 saturated carbocycles. The first-order valence-electron chi connectivity index (χ1n) is 13.5. The van der Waals surface area contributed by atoms with Crippen LogP contribution >= 0.6 is 0 Å². The molecule has 1 aromatic rings. The van der Waals surface area contributed by atoms with Crippen LogP contribution < -0.4 is 0 Å². The highest BCUT2D eigenvalue weighted by molar-refractivity contribution is 5.24. The highest BCUT2D eigenvalue weighted by Crippen LogP contribution is 2.42. The summed E-state index contributed by atoms with van der Waals surface area (Å²) in [5.41, 5.74) is 2.94. The normalized spacial score (nSPS) is 27.5. The molecule has 168 valence electrons. The van der Waals surface area contributed by atoms with Crippen molar-refractivity contribution in [1.82, 2.24) is 0 Å². The second-order valence-corrected chi connectivity index (χ2v) is 10.5. The second-order valence-electron chi connectivity index (χ2n) is 10.5. The number of hydrogen-bond donors (Lipinski definition) is 0. The largest absolute Gasteiger partial charge is 0.0879 e. The zero-order valence-electron chi connectivity index (χ0n) is 20.1. The third-order valence-electron chi connectivity index (χ3n) is 8.22. The Bertz CT molecular complexity index is 579. The molecule has 2 aliphatic carbocycles. The summed E-state index contributed by atoms with van der Waals surface area (Å²) in [6.45, 7) is 4.58. The second kappa shape index (κ2) is 13.4. The molecule has 0 saturated heterocycles. The first kappa shape index (κ1) is 23.6. The van der Waals surface area contributed by atoms with Crippen LogP contribution in [-0.2, 0) is 12.8 Å². The molecule has 30 heavy (non-hydrogen) atoms. The third-order valence-corrected chi connectivity index (χ3v) is 8.22. The highest BCUT2D eigenvalue weighted by atomic mass is 14.4. The summed E-state index contributed by atoms with van der Waals surface area (Å²) in [5, 5.41) is 0. The van der Waals surface area contributed by atoms with E-state index in [0.29, 0.717) is 0 Å². The summed E-state index contributed by atoms with van der Waals surface area (Å²) in [6, 6.07) is 9.26. The Morgan fingerprint density at radius 1 is 0.667 bits per heavy atom. The van der Waals surface area contributed by atoms with Crippen molar-refractivity contribution in [3.05, 3.63) is 47.5 Å². The Labute approximate surface area is 187 Å². The summed E-state index contributed by atoms with van der Waals surface area (Å²) in [7, 11) is 0. The van der Waals surface area contributed by atoms with Gasteiger partial charge in [-0.2, -0.15) is 0 Å². The average molecular weight is 409 g/mol. The molecule has 0 unspecified atom stereocenters. The standard InChI is InChI=1S/C30H48/c1-3-5-6-10-27-17-21-29(22-18-27)30-23-19-28(20-24-30)12-8-7-11-26-15-13-25(9-4-2)14-16-26/h7-8,13-16,27-30H,3-6,9-12,17-24H2,1-2H3/b8-7-. The van der Waals surface area contributed by atoms with E-state index in [1.165, 1.54) is 94.6 Å². The molecule has 0 radical (unpaired) electrons. The van der Waals surface area contributed by atoms with Crippen molar-refractivity contribution in [1.29, 1.82) is 0 Å². The third kappa shape index (κ3) is 7.90. The fourth-order valence-corrected chi connectivity index (χ4v) is 6.17. The monoisotopic (exact) mass is 408 g/mol. The summed E-state index contributed by atoms with van der Waals surface area (Å²) in [5.74, 6) is 4.15. The lowest BCUT2D eigenvalue weighted by Gasteiger charge is -2.37. The Balaban J connectivity index is 1.29. The van der Waals surface area contributed by atoms with Crippen molar-refractivity contribution in [2.24, 2.45) is 23.7 Å². The average Bonchev–Trinajstić information content (AvgIpc) is 2.79. The van der Waals surface area contributed by atoms with E-state index in [1.54, 1.807) is 12.8 Å². The van der Waals surface area contributed by atoms with Gasteiger partial charge in [0.05, 0.1) is 0 Å². The molecule has 2 fully saturated rings. The molecule has 0 nitrogen and oxygen atoms in total. The van der Waals surface area contributed by atoms with Crippen molar-refractivity contribution < 1.29 is 0 Å². The molecule has 0 atom stereocenters. The lowest BCUT2D eigenvalue weighted by atomic mass is 9.68. The molecule has 0 aromatic heterocycles. The fraction of sp³-hybridized carbons (Fsp3) is 0.733. The molecule has 1 aromatic carbocycles. The van der Waals surface area contributed by atoms with Crippen LogP contribution in [0.15, 0.2) is 36.4 Å². The van der Waals surface area contributed by atoms with E-state index in [2.05, 4.69) is 50.3 Å². The molecule has 0 amide bonds. The Kier molecular flexibility index (Phi) is 10.5. The van der Waals surface area contributed by atoms with Crippen LogP contribution in [0, 0.1) is 23.7 Å². The van der Waals surface area contributed by atoms with Gasteiger partial charge in [-0.05, 0) is 92.6 Å². The zero-order chi connectivity index (χ0) is 21.0. The van der Waals surface area contributed by atoms with E-state index < -0.39 is 0 Å². The van der Waals surface area contributed by atoms with Crippen molar-refractivity contribution in [3.63, 3.8) is 0 Å². The number of allylic oxidation sites excluding steroid dienone is 2. The van der Waals surface area contributed by atoms with Gasteiger partial charge in [0.1, 0.15) is 0 Å². The van der Waals surface area contributed by atoms with Gasteiger partial charge in [-0.15, -0.1) is 0 Å². The van der Waals surface area contributed by atoms with Crippen molar-refractivity contribution >= 4 is 0 Å². The van der Waals surface area contributed by atoms with Gasteiger partial charge in [0.15, 0.2) is 0 Å². The van der Waals surface area contributed by atoms with Crippen molar-refractivity contribution in [3.8, 4) is 0 Å². The van der Waals surface area contributed by atoms with E-state index in [-0.39, 0.29) is 0 Å². The smallest absolute Gasteiger partial charge is 0.00975 e. The topological polar surface area (TPSA) is 0 Å². The minimum absolute atomic E-state index is 0.954. The maximum atomic E-state index is 2.48. The van der Waals surface area contributed by atoms with Crippen LogP contribution in [0.2, 0.25) is 0 Å². The van der Waals surface area contributed by atoms with Gasteiger partial charge in [-0.3, -0.25) is 0 Å². The molecule has 2 aliphatic rings. The summed E-state index contributed by atoms with van der Waals surface area (Å²) in [4.78, 5) is 0. The number of hydrogen-bond acceptors (Lipinski definition) is 0. The molecule has 0 heteroatoms. The Morgan fingerprint density at radius 2 is 1.27 bits per heavy atom. The molecular weight excluding hydrogens is 360 g/mol. The van der Waals surface area contributed by atoms with Crippen molar-refractivity contribution in [2.45, 2.75) is 117 Å². The molecule has 0 N–H and O–H groups in total. The van der Waals surface area contributed by atoms with Gasteiger partial charge in [-0.1, -0.05) is 95.2 Å². The highest BCUT2D eigenvalue weighted by Gasteiger charge is 2.30. The first-order chi connectivity index (χ1) is 14.8. The van der Waals surface area contributed by atoms with E-state index in [4.69, 9.17) is 0 Å². The fourth-order valence-electron chi connectivity index (χ4n) is 6.17. The summed E-state index contributed by atoms with van der Waals surface area (Å²) < 4.78 is 0. The molecule has 0 spiro atoms. The van der Waals surface area contributed by atoms with Crippen LogP contribution in [0.1, 0.15) is 115 Å². The lowest BCUT2D eigenvalue weighted by Crippen LogP contribution is -2.25. The molecule has 0 bridgehead atoms. The van der Waals surface area contributed by atoms with E-state index in [9.17, 15) is 0 Å². The number of rotatable bonds is 11. The lowest BCUT2D eigenvalue weighted by molar-refractivity contribution is 0.143. The van der Waals surface area contributed by atoms with Crippen LogP contribution in [-0.4, -0.2) is 0 Å². The Hall–Kier alpha value is -1.04. The van der Waals surface area contributed by atoms with Gasteiger partial charge in [0.25, 0.3) is 0 Å². The minimum Gasteiger partial charge on any atom is -0.0879 e. The molecular formula is C30H48. The number of unbranched alkanes of at least 4 members (excludes halogenated alkanes) is 2. The SMILES string of the molecule is CCCCCC1CCC(C2CCC(C/C=C\Cc3ccc(CCC)cc3)CC2)CC1. The van der Waals surface area contributed by atoms with E-state index in [1.807, 2.05) is 0 Å². The summed E-state index contributed by atoms with van der Waals surface area (Å²) in [6.07, 6.45) is 27.7.